The molecule has 0 aliphatic carbocycles. The van der Waals surface area contributed by atoms with Crippen LogP contribution >= 0.6 is 15.9 Å². The molecule has 0 fully saturated rings. The van der Waals surface area contributed by atoms with Crippen molar-refractivity contribution in [3.05, 3.63) is 35.9 Å². The largest absolute Gasteiger partial charge is 0.494 e. The molecule has 3 heteroatoms. The smallest absolute Gasteiger partial charge is 0.150 e. The van der Waals surface area contributed by atoms with E-state index in [2.05, 4.69) is 60.1 Å². The third-order valence-corrected chi connectivity index (χ3v) is 4.16. The maximum Gasteiger partial charge on any atom is 0.150 e. The van der Waals surface area contributed by atoms with E-state index in [-0.39, 0.29) is 5.01 Å². The molecule has 0 heterocycles. The van der Waals surface area contributed by atoms with Gasteiger partial charge in [-0.2, -0.15) is 0 Å². The van der Waals surface area contributed by atoms with E-state index >= 15 is 0 Å². The van der Waals surface area contributed by atoms with Crippen LogP contribution in [0, 0.1) is 0 Å². The molecule has 23 heavy (non-hydrogen) atoms. The monoisotopic (exact) mass is 378 g/mol. The van der Waals surface area contributed by atoms with E-state index < -0.39 is 0 Å². The normalized spacial score (nSPS) is 12.3. The number of alkyl halides is 1. The van der Waals surface area contributed by atoms with Gasteiger partial charge >= 0.3 is 0 Å². The van der Waals surface area contributed by atoms with Crippen molar-refractivity contribution in [2.45, 2.75) is 57.9 Å². The topological polar surface area (TPSA) is 18.5 Å². The highest BCUT2D eigenvalue weighted by Crippen LogP contribution is 2.32. The summed E-state index contributed by atoms with van der Waals surface area (Å²) in [5, 5.41) is 2.47. The van der Waals surface area contributed by atoms with E-state index in [4.69, 9.17) is 9.47 Å². The van der Waals surface area contributed by atoms with Gasteiger partial charge in [0.05, 0.1) is 6.61 Å². The second-order valence-corrected chi connectivity index (χ2v) is 7.14. The molecule has 0 aliphatic heterocycles. The lowest BCUT2D eigenvalue weighted by Crippen LogP contribution is -2.04. The van der Waals surface area contributed by atoms with E-state index in [9.17, 15) is 0 Å². The van der Waals surface area contributed by atoms with Gasteiger partial charge in [0, 0.05) is 5.56 Å². The molecule has 0 aliphatic rings. The molecule has 0 radical (unpaired) electrons. The summed E-state index contributed by atoms with van der Waals surface area (Å²) in [7, 11) is 0. The molecule has 0 spiro atoms. The Kier molecular flexibility index (Phi) is 7.22. The zero-order valence-electron chi connectivity index (χ0n) is 14.4. The van der Waals surface area contributed by atoms with Crippen molar-refractivity contribution in [3.63, 3.8) is 0 Å². The molecule has 1 unspecified atom stereocenters. The van der Waals surface area contributed by atoms with Gasteiger partial charge in [-0.15, -0.1) is 0 Å². The van der Waals surface area contributed by atoms with Gasteiger partial charge < -0.3 is 9.47 Å². The Morgan fingerprint density at radius 1 is 1.04 bits per heavy atom. The second-order valence-electron chi connectivity index (χ2n) is 5.85. The van der Waals surface area contributed by atoms with Crippen LogP contribution in [0.5, 0.6) is 11.5 Å². The molecular weight excluding hydrogens is 352 g/mol. The summed E-state index contributed by atoms with van der Waals surface area (Å²) in [6, 6.07) is 10.5. The Bertz CT molecular complexity index is 622. The molecule has 0 N–H and O–H groups in total. The lowest BCUT2D eigenvalue weighted by Gasteiger charge is -2.15. The first-order valence-electron chi connectivity index (χ1n) is 8.64. The third-order valence-electron chi connectivity index (χ3n) is 3.97. The van der Waals surface area contributed by atoms with Crippen molar-refractivity contribution in [3.8, 4) is 11.5 Å². The minimum atomic E-state index is 0.0102. The average Bonchev–Trinajstić information content (AvgIpc) is 2.54. The van der Waals surface area contributed by atoms with Crippen molar-refractivity contribution in [2.75, 3.05) is 6.61 Å². The number of halogens is 1. The number of benzene rings is 2. The van der Waals surface area contributed by atoms with E-state index in [1.54, 1.807) is 0 Å². The number of unbranched alkanes of at least 4 members (excludes halogenated alkanes) is 3. The fourth-order valence-electron chi connectivity index (χ4n) is 2.81. The molecule has 2 aromatic rings. The number of ether oxygens (including phenoxy) is 2. The molecule has 0 bridgehead atoms. The first-order valence-corrected chi connectivity index (χ1v) is 9.56. The summed E-state index contributed by atoms with van der Waals surface area (Å²) >= 11 is 3.45. The Labute approximate surface area is 148 Å². The standard InChI is InChI=1S/C20H27BrO2/c1-4-6-7-8-13-22-17-10-11-19-16(14-17)9-12-20(18(19)5-2)23-15(3)21/h9-12,14-15H,4-8,13H2,1-3H3. The van der Waals surface area contributed by atoms with Gasteiger partial charge in [0.25, 0.3) is 0 Å². The fourth-order valence-corrected chi connectivity index (χ4v) is 3.01. The quantitative estimate of drug-likeness (QED) is 0.367. The van der Waals surface area contributed by atoms with Crippen molar-refractivity contribution in [1.82, 2.24) is 0 Å². The van der Waals surface area contributed by atoms with Crippen LogP contribution in [0.4, 0.5) is 0 Å². The Morgan fingerprint density at radius 3 is 2.57 bits per heavy atom. The van der Waals surface area contributed by atoms with Crippen LogP contribution in [-0.4, -0.2) is 11.6 Å². The molecule has 2 rings (SSSR count). The van der Waals surface area contributed by atoms with E-state index in [1.807, 2.05) is 6.92 Å². The first kappa shape index (κ1) is 18.1. The maximum absolute atomic E-state index is 5.89. The van der Waals surface area contributed by atoms with Crippen molar-refractivity contribution >= 4 is 26.7 Å². The lowest BCUT2D eigenvalue weighted by atomic mass is 10.0. The van der Waals surface area contributed by atoms with Gasteiger partial charge in [0.15, 0.2) is 5.01 Å². The summed E-state index contributed by atoms with van der Waals surface area (Å²) in [6.45, 7) is 7.18. The van der Waals surface area contributed by atoms with Gasteiger partial charge in [-0.25, -0.2) is 0 Å². The summed E-state index contributed by atoms with van der Waals surface area (Å²) < 4.78 is 11.8. The highest BCUT2D eigenvalue weighted by molar-refractivity contribution is 9.09. The summed E-state index contributed by atoms with van der Waals surface area (Å²) in [5.41, 5.74) is 1.25. The van der Waals surface area contributed by atoms with Crippen molar-refractivity contribution in [1.29, 1.82) is 0 Å². The lowest BCUT2D eigenvalue weighted by molar-refractivity contribution is 0.305. The molecule has 2 nitrogen and oxygen atoms in total. The van der Waals surface area contributed by atoms with Gasteiger partial charge in [-0.3, -0.25) is 0 Å². The zero-order valence-corrected chi connectivity index (χ0v) is 16.0. The van der Waals surface area contributed by atoms with Crippen molar-refractivity contribution < 1.29 is 9.47 Å². The third kappa shape index (κ3) is 5.13. The highest BCUT2D eigenvalue weighted by Gasteiger charge is 2.10. The predicted molar refractivity (Wildman–Crippen MR) is 102 cm³/mol. The maximum atomic E-state index is 5.89. The summed E-state index contributed by atoms with van der Waals surface area (Å²) in [5.74, 6) is 1.91. The van der Waals surface area contributed by atoms with E-state index in [0.717, 1.165) is 30.9 Å². The minimum absolute atomic E-state index is 0.0102. The van der Waals surface area contributed by atoms with Gasteiger partial charge in [0.1, 0.15) is 11.5 Å². The van der Waals surface area contributed by atoms with Gasteiger partial charge in [0.2, 0.25) is 0 Å². The molecule has 1 atom stereocenters. The molecular formula is C20H27BrO2. The van der Waals surface area contributed by atoms with Crippen molar-refractivity contribution in [2.24, 2.45) is 0 Å². The number of hydrogen-bond acceptors (Lipinski definition) is 2. The van der Waals surface area contributed by atoms with Crippen LogP contribution in [0.1, 0.15) is 52.0 Å². The zero-order chi connectivity index (χ0) is 16.7. The molecule has 2 aromatic carbocycles. The fraction of sp³-hybridized carbons (Fsp3) is 0.500. The second kappa shape index (κ2) is 9.17. The minimum Gasteiger partial charge on any atom is -0.494 e. The molecule has 0 aromatic heterocycles. The van der Waals surface area contributed by atoms with E-state index in [1.165, 1.54) is 35.6 Å². The number of aryl methyl sites for hydroxylation is 1. The first-order chi connectivity index (χ1) is 11.2. The van der Waals surface area contributed by atoms with Gasteiger partial charge in [-0.05, 0) is 64.7 Å². The Morgan fingerprint density at radius 2 is 1.87 bits per heavy atom. The molecule has 126 valence electrons. The summed E-state index contributed by atoms with van der Waals surface area (Å²) in [4.78, 5) is 0. The van der Waals surface area contributed by atoms with Crippen LogP contribution in [0.3, 0.4) is 0 Å². The molecule has 0 saturated carbocycles. The van der Waals surface area contributed by atoms with Crippen LogP contribution in [-0.2, 0) is 6.42 Å². The average molecular weight is 379 g/mol. The number of rotatable bonds is 9. The highest BCUT2D eigenvalue weighted by atomic mass is 79.9. The summed E-state index contributed by atoms with van der Waals surface area (Å²) in [6.07, 6.45) is 5.87. The van der Waals surface area contributed by atoms with Crippen LogP contribution in [0.2, 0.25) is 0 Å². The number of hydrogen-bond donors (Lipinski definition) is 0. The van der Waals surface area contributed by atoms with Crippen LogP contribution < -0.4 is 9.47 Å². The Balaban J connectivity index is 2.14. The number of fused-ring (bicyclic) bond motifs is 1. The SMILES string of the molecule is CCCCCCOc1ccc2c(CC)c(OC(C)Br)ccc2c1. The van der Waals surface area contributed by atoms with E-state index in [0.29, 0.717) is 0 Å². The van der Waals surface area contributed by atoms with Crippen LogP contribution in [0.25, 0.3) is 10.8 Å². The predicted octanol–water partition coefficient (Wildman–Crippen LogP) is 6.48. The molecule has 0 saturated heterocycles. The molecule has 0 amide bonds. The van der Waals surface area contributed by atoms with Crippen LogP contribution in [0.15, 0.2) is 30.3 Å². The Hall–Kier alpha value is -1.22. The van der Waals surface area contributed by atoms with Gasteiger partial charge in [-0.1, -0.05) is 45.2 Å².